The molecule has 0 aliphatic heterocycles. The van der Waals surface area contributed by atoms with Gasteiger partial charge in [0.1, 0.15) is 6.04 Å². The zero-order chi connectivity index (χ0) is 25.1. The minimum Gasteiger partial charge on any atom is -0.454 e. The SMILES string of the molecule is CC(NC(=O)c1ccccc1Cl)C(=O)OCC(=O)Nc1ccc2c(c1)C(=O)c1ccccc1C2=O. The number of halogens is 1. The number of benzene rings is 3. The van der Waals surface area contributed by atoms with Crippen LogP contribution < -0.4 is 10.6 Å². The Labute approximate surface area is 205 Å². The highest BCUT2D eigenvalue weighted by molar-refractivity contribution is 6.33. The molecule has 0 aromatic heterocycles. The largest absolute Gasteiger partial charge is 0.454 e. The standard InChI is InChI=1S/C26H19ClN2O6/c1-14(28-25(33)19-8-4-5-9-21(19)27)26(34)35-13-22(30)29-15-10-11-18-20(12-15)24(32)17-7-3-2-6-16(17)23(18)31/h2-12,14H,13H2,1H3,(H,28,33)(H,29,30). The molecule has 0 bridgehead atoms. The Bertz CT molecular complexity index is 1380. The lowest BCUT2D eigenvalue weighted by Gasteiger charge is -2.18. The van der Waals surface area contributed by atoms with Crippen molar-refractivity contribution in [2.75, 3.05) is 11.9 Å². The molecular weight excluding hydrogens is 472 g/mol. The molecule has 3 aromatic rings. The van der Waals surface area contributed by atoms with E-state index in [1.165, 1.54) is 31.2 Å². The van der Waals surface area contributed by atoms with Crippen LogP contribution in [-0.4, -0.2) is 42.0 Å². The van der Waals surface area contributed by atoms with E-state index in [1.807, 2.05) is 0 Å². The van der Waals surface area contributed by atoms with Crippen molar-refractivity contribution in [3.8, 4) is 0 Å². The van der Waals surface area contributed by atoms with E-state index >= 15 is 0 Å². The maximum Gasteiger partial charge on any atom is 0.328 e. The second kappa shape index (κ2) is 9.90. The number of amides is 2. The molecule has 0 spiro atoms. The van der Waals surface area contributed by atoms with Crippen LogP contribution in [0.15, 0.2) is 66.7 Å². The first-order chi connectivity index (χ1) is 16.8. The van der Waals surface area contributed by atoms with Gasteiger partial charge in [-0.1, -0.05) is 48.0 Å². The van der Waals surface area contributed by atoms with E-state index in [1.54, 1.807) is 42.5 Å². The normalized spacial score (nSPS) is 12.7. The summed E-state index contributed by atoms with van der Waals surface area (Å²) in [4.78, 5) is 62.3. The van der Waals surface area contributed by atoms with Gasteiger partial charge in [0.25, 0.3) is 11.8 Å². The first-order valence-corrected chi connectivity index (χ1v) is 11.0. The fourth-order valence-corrected chi connectivity index (χ4v) is 3.84. The molecule has 0 saturated carbocycles. The molecule has 0 radical (unpaired) electrons. The summed E-state index contributed by atoms with van der Waals surface area (Å²) in [5.41, 5.74) is 1.54. The minimum absolute atomic E-state index is 0.180. The van der Waals surface area contributed by atoms with Gasteiger partial charge in [-0.3, -0.25) is 19.2 Å². The first kappa shape index (κ1) is 23.8. The van der Waals surface area contributed by atoms with E-state index in [9.17, 15) is 24.0 Å². The van der Waals surface area contributed by atoms with Crippen LogP contribution in [0.25, 0.3) is 0 Å². The second-order valence-electron chi connectivity index (χ2n) is 7.80. The van der Waals surface area contributed by atoms with Gasteiger partial charge in [-0.15, -0.1) is 0 Å². The Morgan fingerprint density at radius 3 is 2.14 bits per heavy atom. The Morgan fingerprint density at radius 1 is 0.857 bits per heavy atom. The number of ether oxygens (including phenoxy) is 1. The molecule has 1 atom stereocenters. The lowest BCUT2D eigenvalue weighted by atomic mass is 9.84. The van der Waals surface area contributed by atoms with E-state index in [0.717, 1.165) is 0 Å². The number of anilines is 1. The minimum atomic E-state index is -1.03. The highest BCUT2D eigenvalue weighted by atomic mass is 35.5. The molecule has 4 rings (SSSR count). The number of nitrogens with one attached hydrogen (secondary N) is 2. The second-order valence-corrected chi connectivity index (χ2v) is 8.20. The Balaban J connectivity index is 1.35. The van der Waals surface area contributed by atoms with Crippen LogP contribution in [0.5, 0.6) is 0 Å². The first-order valence-electron chi connectivity index (χ1n) is 10.6. The van der Waals surface area contributed by atoms with Gasteiger partial charge in [0.05, 0.1) is 10.6 Å². The molecule has 1 aliphatic carbocycles. The highest BCUT2D eigenvalue weighted by Crippen LogP contribution is 2.29. The molecular formula is C26H19ClN2O6. The molecule has 176 valence electrons. The van der Waals surface area contributed by atoms with Gasteiger partial charge < -0.3 is 15.4 Å². The third-order valence-electron chi connectivity index (χ3n) is 5.37. The van der Waals surface area contributed by atoms with E-state index in [2.05, 4.69) is 10.6 Å². The molecule has 9 heteroatoms. The van der Waals surface area contributed by atoms with Crippen molar-refractivity contribution in [1.82, 2.24) is 5.32 Å². The van der Waals surface area contributed by atoms with Crippen molar-refractivity contribution in [3.05, 3.63) is 99.6 Å². The summed E-state index contributed by atoms with van der Waals surface area (Å²) >= 11 is 5.98. The van der Waals surface area contributed by atoms with Crippen molar-refractivity contribution < 1.29 is 28.7 Å². The Morgan fingerprint density at radius 2 is 1.46 bits per heavy atom. The van der Waals surface area contributed by atoms with Gasteiger partial charge in [0, 0.05) is 27.9 Å². The molecule has 0 heterocycles. The lowest BCUT2D eigenvalue weighted by molar-refractivity contribution is -0.148. The van der Waals surface area contributed by atoms with E-state index in [0.29, 0.717) is 11.1 Å². The van der Waals surface area contributed by atoms with Gasteiger partial charge in [0.15, 0.2) is 18.2 Å². The number of carbonyl (C=O) groups excluding carboxylic acids is 5. The summed E-state index contributed by atoms with van der Waals surface area (Å²) in [6.45, 7) is 0.802. The third-order valence-corrected chi connectivity index (χ3v) is 5.70. The van der Waals surface area contributed by atoms with Gasteiger partial charge in [-0.25, -0.2) is 4.79 Å². The predicted octanol–water partition coefficient (Wildman–Crippen LogP) is 3.42. The number of fused-ring (bicyclic) bond motifs is 2. The predicted molar refractivity (Wildman–Crippen MR) is 128 cm³/mol. The average Bonchev–Trinajstić information content (AvgIpc) is 2.86. The van der Waals surface area contributed by atoms with Crippen molar-refractivity contribution in [2.24, 2.45) is 0 Å². The number of carbonyl (C=O) groups is 5. The van der Waals surface area contributed by atoms with Gasteiger partial charge in [-0.05, 0) is 37.3 Å². The van der Waals surface area contributed by atoms with Crippen LogP contribution in [0.3, 0.4) is 0 Å². The number of esters is 1. The fourth-order valence-electron chi connectivity index (χ4n) is 3.61. The van der Waals surface area contributed by atoms with Crippen LogP contribution in [0.1, 0.15) is 49.1 Å². The maximum atomic E-state index is 12.8. The van der Waals surface area contributed by atoms with Crippen LogP contribution in [-0.2, 0) is 14.3 Å². The average molecular weight is 491 g/mol. The summed E-state index contributed by atoms with van der Waals surface area (Å²) in [6, 6.07) is 16.3. The highest BCUT2D eigenvalue weighted by Gasteiger charge is 2.29. The summed E-state index contributed by atoms with van der Waals surface area (Å²) in [5.74, 6) is -2.61. The Kier molecular flexibility index (Phi) is 6.75. The van der Waals surface area contributed by atoms with Crippen molar-refractivity contribution in [1.29, 1.82) is 0 Å². The Hall–Kier alpha value is -4.30. The van der Waals surface area contributed by atoms with E-state index in [-0.39, 0.29) is 39.0 Å². The van der Waals surface area contributed by atoms with Crippen LogP contribution in [0.4, 0.5) is 5.69 Å². The summed E-state index contributed by atoms with van der Waals surface area (Å²) in [6.07, 6.45) is 0. The van der Waals surface area contributed by atoms with Crippen molar-refractivity contribution in [3.63, 3.8) is 0 Å². The molecule has 8 nitrogen and oxygen atoms in total. The fraction of sp³-hybridized carbons (Fsp3) is 0.115. The lowest BCUT2D eigenvalue weighted by Crippen LogP contribution is -2.40. The maximum absolute atomic E-state index is 12.8. The van der Waals surface area contributed by atoms with Gasteiger partial charge >= 0.3 is 5.97 Å². The number of hydrogen-bond acceptors (Lipinski definition) is 6. The molecule has 0 saturated heterocycles. The van der Waals surface area contributed by atoms with Gasteiger partial charge in [0.2, 0.25) is 0 Å². The van der Waals surface area contributed by atoms with Crippen LogP contribution in [0.2, 0.25) is 5.02 Å². The monoisotopic (exact) mass is 490 g/mol. The zero-order valence-electron chi connectivity index (χ0n) is 18.5. The van der Waals surface area contributed by atoms with E-state index < -0.39 is 30.4 Å². The van der Waals surface area contributed by atoms with Crippen molar-refractivity contribution >= 4 is 46.6 Å². The molecule has 2 amide bonds. The van der Waals surface area contributed by atoms with Gasteiger partial charge in [-0.2, -0.15) is 0 Å². The molecule has 3 aromatic carbocycles. The number of hydrogen-bond donors (Lipinski definition) is 2. The zero-order valence-corrected chi connectivity index (χ0v) is 19.2. The third kappa shape index (κ3) is 4.97. The molecule has 2 N–H and O–H groups in total. The number of ketones is 2. The molecule has 0 fully saturated rings. The summed E-state index contributed by atoms with van der Waals surface area (Å²) < 4.78 is 4.98. The number of rotatable bonds is 6. The molecule has 1 aliphatic rings. The summed E-state index contributed by atoms with van der Waals surface area (Å²) in [7, 11) is 0. The molecule has 1 unspecified atom stereocenters. The molecule has 35 heavy (non-hydrogen) atoms. The van der Waals surface area contributed by atoms with Crippen molar-refractivity contribution in [2.45, 2.75) is 13.0 Å². The quantitative estimate of drug-likeness (QED) is 0.400. The van der Waals surface area contributed by atoms with E-state index in [4.69, 9.17) is 16.3 Å². The smallest absolute Gasteiger partial charge is 0.328 e. The van der Waals surface area contributed by atoms with Crippen LogP contribution in [0, 0.1) is 0 Å². The summed E-state index contributed by atoms with van der Waals surface area (Å²) in [5, 5.41) is 5.23. The topological polar surface area (TPSA) is 119 Å². The van der Waals surface area contributed by atoms with Crippen LogP contribution >= 0.6 is 11.6 Å².